The van der Waals surface area contributed by atoms with Crippen molar-refractivity contribution in [3.63, 3.8) is 0 Å². The van der Waals surface area contributed by atoms with Crippen LogP contribution < -0.4 is 10.1 Å². The van der Waals surface area contributed by atoms with Crippen LogP contribution in [0, 0.1) is 0 Å². The van der Waals surface area contributed by atoms with Crippen molar-refractivity contribution in [2.45, 2.75) is 44.2 Å². The number of carbonyl (C=O) groups excluding carboxylic acids is 1. The van der Waals surface area contributed by atoms with Crippen LogP contribution >= 0.6 is 0 Å². The zero-order valence-corrected chi connectivity index (χ0v) is 18.1. The summed E-state index contributed by atoms with van der Waals surface area (Å²) in [6.07, 6.45) is 9.08. The third-order valence-corrected chi connectivity index (χ3v) is 6.83. The molecular formula is C23H25N7O2. The molecule has 5 heterocycles. The molecule has 0 atom stereocenters. The minimum absolute atomic E-state index is 0.0641. The van der Waals surface area contributed by atoms with E-state index in [4.69, 9.17) is 9.72 Å². The monoisotopic (exact) mass is 431 g/mol. The van der Waals surface area contributed by atoms with E-state index in [9.17, 15) is 4.79 Å². The number of H-pyrrole nitrogens is 1. The van der Waals surface area contributed by atoms with Gasteiger partial charge in [0.1, 0.15) is 5.65 Å². The van der Waals surface area contributed by atoms with Crippen LogP contribution in [0.15, 0.2) is 36.8 Å². The molecule has 1 saturated carbocycles. The molecule has 2 fully saturated rings. The van der Waals surface area contributed by atoms with Crippen molar-refractivity contribution in [3.05, 3.63) is 36.8 Å². The normalized spacial score (nSPS) is 23.1. The molecule has 2 N–H and O–H groups in total. The minimum Gasteiger partial charge on any atom is -0.480 e. The largest absolute Gasteiger partial charge is 0.480 e. The molecule has 4 aromatic heterocycles. The zero-order chi connectivity index (χ0) is 21.9. The van der Waals surface area contributed by atoms with Gasteiger partial charge in [0.2, 0.25) is 17.7 Å². The Balaban J connectivity index is 1.27. The SMILES string of the molecule is COc1nc(NC2CC(C)(N3CCCC3=O)C2)nc2[nH]cc(-c3ccn4nccc4c3)c12. The molecule has 0 aromatic carbocycles. The van der Waals surface area contributed by atoms with Crippen LogP contribution in [0.1, 0.15) is 32.6 Å². The van der Waals surface area contributed by atoms with Gasteiger partial charge in [0.05, 0.1) is 18.0 Å². The molecule has 0 unspecified atom stereocenters. The van der Waals surface area contributed by atoms with E-state index < -0.39 is 0 Å². The van der Waals surface area contributed by atoms with E-state index in [0.29, 0.717) is 18.2 Å². The van der Waals surface area contributed by atoms with Crippen molar-refractivity contribution in [1.29, 1.82) is 0 Å². The lowest BCUT2D eigenvalue weighted by atomic mass is 9.73. The van der Waals surface area contributed by atoms with Crippen LogP contribution in [0.2, 0.25) is 0 Å². The van der Waals surface area contributed by atoms with Gasteiger partial charge in [-0.25, -0.2) is 4.52 Å². The van der Waals surface area contributed by atoms with E-state index in [0.717, 1.165) is 53.5 Å². The summed E-state index contributed by atoms with van der Waals surface area (Å²) >= 11 is 0. The Morgan fingerprint density at radius 3 is 2.94 bits per heavy atom. The van der Waals surface area contributed by atoms with Crippen molar-refractivity contribution in [2.75, 3.05) is 19.0 Å². The second kappa shape index (κ2) is 6.94. The number of methoxy groups -OCH3 is 1. The number of hydrogen-bond acceptors (Lipinski definition) is 6. The average Bonchev–Trinajstić information content (AvgIpc) is 3.50. The average molecular weight is 432 g/mol. The quantitative estimate of drug-likeness (QED) is 0.503. The molecule has 4 aromatic rings. The fraction of sp³-hybridized carbons (Fsp3) is 0.391. The van der Waals surface area contributed by atoms with Crippen LogP contribution in [0.3, 0.4) is 0 Å². The first-order valence-corrected chi connectivity index (χ1v) is 11.0. The molecule has 1 saturated heterocycles. The summed E-state index contributed by atoms with van der Waals surface area (Å²) < 4.78 is 7.48. The summed E-state index contributed by atoms with van der Waals surface area (Å²) in [4.78, 5) is 26.8. The molecule has 9 nitrogen and oxygen atoms in total. The van der Waals surface area contributed by atoms with Crippen LogP contribution in [-0.2, 0) is 4.79 Å². The molecule has 6 rings (SSSR count). The summed E-state index contributed by atoms with van der Waals surface area (Å²) in [5.41, 5.74) is 3.69. The molecule has 0 radical (unpaired) electrons. The van der Waals surface area contributed by atoms with E-state index in [1.807, 2.05) is 33.9 Å². The first-order chi connectivity index (χ1) is 15.5. The maximum atomic E-state index is 12.1. The fourth-order valence-electron chi connectivity index (χ4n) is 5.26. The number of likely N-dealkylation sites (tertiary alicyclic amines) is 1. The Morgan fingerprint density at radius 2 is 2.16 bits per heavy atom. The summed E-state index contributed by atoms with van der Waals surface area (Å²) in [7, 11) is 1.63. The molecule has 9 heteroatoms. The van der Waals surface area contributed by atoms with Gasteiger partial charge in [-0.2, -0.15) is 15.1 Å². The Morgan fingerprint density at radius 1 is 1.28 bits per heavy atom. The molecule has 1 amide bonds. The highest BCUT2D eigenvalue weighted by atomic mass is 16.5. The number of aromatic nitrogens is 5. The second-order valence-corrected chi connectivity index (χ2v) is 8.99. The summed E-state index contributed by atoms with van der Waals surface area (Å²) in [5.74, 6) is 1.34. The molecule has 164 valence electrons. The minimum atomic E-state index is -0.0641. The lowest BCUT2D eigenvalue weighted by Crippen LogP contribution is -2.59. The zero-order valence-electron chi connectivity index (χ0n) is 18.1. The summed E-state index contributed by atoms with van der Waals surface area (Å²) in [5, 5.41) is 8.55. The van der Waals surface area contributed by atoms with Crippen molar-refractivity contribution in [3.8, 4) is 17.0 Å². The van der Waals surface area contributed by atoms with Gasteiger partial charge in [-0.15, -0.1) is 0 Å². The maximum Gasteiger partial charge on any atom is 0.228 e. The van der Waals surface area contributed by atoms with Crippen molar-refractivity contribution < 1.29 is 9.53 Å². The Hall–Kier alpha value is -3.62. The van der Waals surface area contributed by atoms with Gasteiger partial charge in [0, 0.05) is 48.7 Å². The third-order valence-electron chi connectivity index (χ3n) is 6.83. The highest BCUT2D eigenvalue weighted by Gasteiger charge is 2.48. The number of ether oxygens (including phenoxy) is 1. The molecule has 2 aliphatic rings. The molecule has 0 bridgehead atoms. The fourth-order valence-corrected chi connectivity index (χ4v) is 5.26. The van der Waals surface area contributed by atoms with Gasteiger partial charge in [-0.05, 0) is 49.9 Å². The van der Waals surface area contributed by atoms with Gasteiger partial charge in [-0.3, -0.25) is 4.79 Å². The highest BCUT2D eigenvalue weighted by Crippen LogP contribution is 2.41. The van der Waals surface area contributed by atoms with Crippen LogP contribution in [0.25, 0.3) is 27.7 Å². The lowest BCUT2D eigenvalue weighted by Gasteiger charge is -2.51. The smallest absolute Gasteiger partial charge is 0.228 e. The highest BCUT2D eigenvalue weighted by molar-refractivity contribution is 5.98. The predicted molar refractivity (Wildman–Crippen MR) is 121 cm³/mol. The van der Waals surface area contributed by atoms with Crippen LogP contribution in [0.4, 0.5) is 5.95 Å². The van der Waals surface area contributed by atoms with Gasteiger partial charge < -0.3 is 19.9 Å². The lowest BCUT2D eigenvalue weighted by molar-refractivity contribution is -0.136. The molecule has 0 spiro atoms. The van der Waals surface area contributed by atoms with E-state index >= 15 is 0 Å². The molecule has 1 aliphatic heterocycles. The standard InChI is InChI=1S/C23H25N7O2/c1-23(29-8-3-4-18(29)31)11-15(12-23)26-22-27-20-19(21(28-22)32-2)17(13-24-20)14-6-9-30-16(10-14)5-7-25-30/h5-7,9-10,13,15H,3-4,8,11-12H2,1-2H3,(H2,24,26,27,28). The topological polar surface area (TPSA) is 100 Å². The number of aromatic amines is 1. The number of fused-ring (bicyclic) bond motifs is 2. The van der Waals surface area contributed by atoms with E-state index in [-0.39, 0.29) is 17.5 Å². The number of nitrogens with one attached hydrogen (secondary N) is 2. The maximum absolute atomic E-state index is 12.1. The first-order valence-electron chi connectivity index (χ1n) is 11.0. The predicted octanol–water partition coefficient (Wildman–Crippen LogP) is 3.24. The van der Waals surface area contributed by atoms with Crippen LogP contribution in [-0.4, -0.2) is 60.6 Å². The van der Waals surface area contributed by atoms with Crippen molar-refractivity contribution >= 4 is 28.4 Å². The number of rotatable bonds is 5. The van der Waals surface area contributed by atoms with E-state index in [1.54, 1.807) is 13.3 Å². The summed E-state index contributed by atoms with van der Waals surface area (Å²) in [6, 6.07) is 6.30. The first kappa shape index (κ1) is 19.1. The summed E-state index contributed by atoms with van der Waals surface area (Å²) in [6.45, 7) is 3.04. The van der Waals surface area contributed by atoms with Crippen LogP contribution in [0.5, 0.6) is 5.88 Å². The molecule has 32 heavy (non-hydrogen) atoms. The van der Waals surface area contributed by atoms with Crippen molar-refractivity contribution in [1.82, 2.24) is 29.5 Å². The Bertz CT molecular complexity index is 1330. The number of nitrogens with zero attached hydrogens (tertiary/aromatic N) is 5. The van der Waals surface area contributed by atoms with Gasteiger partial charge >= 0.3 is 0 Å². The number of amides is 1. The number of hydrogen-bond donors (Lipinski definition) is 2. The number of carbonyl (C=O) groups is 1. The number of anilines is 1. The van der Waals surface area contributed by atoms with Gasteiger partial charge in [0.15, 0.2) is 0 Å². The molecule has 1 aliphatic carbocycles. The van der Waals surface area contributed by atoms with E-state index in [2.05, 4.69) is 33.4 Å². The van der Waals surface area contributed by atoms with E-state index in [1.165, 1.54) is 0 Å². The van der Waals surface area contributed by atoms with Crippen molar-refractivity contribution in [2.24, 2.45) is 0 Å². The van der Waals surface area contributed by atoms with Gasteiger partial charge in [0.25, 0.3) is 0 Å². The molecular weight excluding hydrogens is 406 g/mol. The third kappa shape index (κ3) is 2.91. The Labute approximate surface area is 184 Å². The number of pyridine rings is 1. The van der Waals surface area contributed by atoms with Gasteiger partial charge in [-0.1, -0.05) is 0 Å². The second-order valence-electron chi connectivity index (χ2n) is 8.99. The Kier molecular flexibility index (Phi) is 4.14.